The first-order valence-corrected chi connectivity index (χ1v) is 9.80. The van der Waals surface area contributed by atoms with Crippen LogP contribution in [0.2, 0.25) is 0 Å². The number of nitrogens with zero attached hydrogens (tertiary/aromatic N) is 2. The van der Waals surface area contributed by atoms with E-state index in [0.717, 1.165) is 42.8 Å². The third kappa shape index (κ3) is 4.50. The average Bonchev–Trinajstić information content (AvgIpc) is 2.97. The molecule has 1 saturated heterocycles. The quantitative estimate of drug-likeness (QED) is 0.878. The maximum atomic E-state index is 12.8. The lowest BCUT2D eigenvalue weighted by molar-refractivity contribution is -0.130. The van der Waals surface area contributed by atoms with Crippen LogP contribution >= 0.6 is 0 Å². The van der Waals surface area contributed by atoms with Crippen LogP contribution in [0.5, 0.6) is 0 Å². The fraction of sp³-hybridized carbons (Fsp3) is 0.524. The molecule has 146 valence electrons. The summed E-state index contributed by atoms with van der Waals surface area (Å²) in [5.41, 5.74) is 0.829. The number of hydrogen-bond donors (Lipinski definition) is 1. The third-order valence-corrected chi connectivity index (χ3v) is 5.34. The molecule has 0 bridgehead atoms. The number of carbonyl (C=O) groups is 2. The molecule has 2 amide bonds. The number of nitrogens with one attached hydrogen (secondary N) is 1. The highest BCUT2D eigenvalue weighted by Gasteiger charge is 2.26. The van der Waals surface area contributed by atoms with E-state index in [2.05, 4.69) is 10.2 Å². The van der Waals surface area contributed by atoms with Crippen molar-refractivity contribution in [3.05, 3.63) is 36.1 Å². The lowest BCUT2D eigenvalue weighted by Crippen LogP contribution is -2.47. The molecule has 3 rings (SSSR count). The van der Waals surface area contributed by atoms with Crippen LogP contribution in [0.3, 0.4) is 0 Å². The highest BCUT2D eigenvalue weighted by molar-refractivity contribution is 5.82. The van der Waals surface area contributed by atoms with E-state index in [0.29, 0.717) is 13.0 Å². The molecule has 1 fully saturated rings. The van der Waals surface area contributed by atoms with Crippen molar-refractivity contribution in [1.29, 1.82) is 0 Å². The van der Waals surface area contributed by atoms with E-state index < -0.39 is 0 Å². The maximum absolute atomic E-state index is 12.8. The molecule has 1 aromatic heterocycles. The normalized spacial score (nSPS) is 18.1. The molecule has 2 heterocycles. The number of amides is 2. The van der Waals surface area contributed by atoms with Gasteiger partial charge in [-0.1, -0.05) is 25.1 Å². The van der Waals surface area contributed by atoms with Crippen LogP contribution in [-0.4, -0.2) is 53.8 Å². The van der Waals surface area contributed by atoms with Crippen LogP contribution in [0.4, 0.5) is 0 Å². The number of benzene rings is 1. The molecule has 0 saturated carbocycles. The molecule has 2 aromatic rings. The highest BCUT2D eigenvalue weighted by atomic mass is 16.3. The van der Waals surface area contributed by atoms with Gasteiger partial charge in [-0.25, -0.2) is 0 Å². The van der Waals surface area contributed by atoms with Crippen LogP contribution in [0.15, 0.2) is 34.7 Å². The van der Waals surface area contributed by atoms with Crippen molar-refractivity contribution in [3.8, 4) is 0 Å². The summed E-state index contributed by atoms with van der Waals surface area (Å²) in [6, 6.07) is 9.37. The Morgan fingerprint density at radius 2 is 1.93 bits per heavy atom. The summed E-state index contributed by atoms with van der Waals surface area (Å²) in [7, 11) is 0. The van der Waals surface area contributed by atoms with Crippen molar-refractivity contribution >= 4 is 22.8 Å². The van der Waals surface area contributed by atoms with Gasteiger partial charge in [-0.2, -0.15) is 0 Å². The summed E-state index contributed by atoms with van der Waals surface area (Å²) in [6.45, 7) is 8.75. The van der Waals surface area contributed by atoms with Crippen molar-refractivity contribution in [1.82, 2.24) is 15.1 Å². The first-order chi connectivity index (χ1) is 13.0. The largest absolute Gasteiger partial charge is 0.459 e. The van der Waals surface area contributed by atoms with Crippen LogP contribution in [0, 0.1) is 0 Å². The molecule has 1 aliphatic rings. The van der Waals surface area contributed by atoms with Crippen LogP contribution in [0.1, 0.15) is 45.4 Å². The molecule has 0 radical (unpaired) electrons. The molecular weight excluding hydrogens is 342 g/mol. The van der Waals surface area contributed by atoms with Gasteiger partial charge in [0.2, 0.25) is 11.8 Å². The van der Waals surface area contributed by atoms with Gasteiger partial charge in [-0.05, 0) is 32.4 Å². The number of furan rings is 1. The highest BCUT2D eigenvalue weighted by Crippen LogP contribution is 2.23. The van der Waals surface area contributed by atoms with E-state index in [1.165, 1.54) is 0 Å². The second-order valence-corrected chi connectivity index (χ2v) is 7.22. The molecule has 1 N–H and O–H groups in total. The minimum Gasteiger partial charge on any atom is -0.459 e. The van der Waals surface area contributed by atoms with E-state index in [-0.39, 0.29) is 23.9 Å². The summed E-state index contributed by atoms with van der Waals surface area (Å²) in [4.78, 5) is 28.7. The summed E-state index contributed by atoms with van der Waals surface area (Å²) in [6.07, 6.45) is 1.42. The molecule has 27 heavy (non-hydrogen) atoms. The Labute approximate surface area is 160 Å². The van der Waals surface area contributed by atoms with Crippen molar-refractivity contribution in [2.75, 3.05) is 26.2 Å². The summed E-state index contributed by atoms with van der Waals surface area (Å²) in [5.74, 6) is 0.929. The number of para-hydroxylation sites is 1. The predicted molar refractivity (Wildman–Crippen MR) is 105 cm³/mol. The summed E-state index contributed by atoms with van der Waals surface area (Å²) in [5, 5.41) is 4.10. The first kappa shape index (κ1) is 19.4. The van der Waals surface area contributed by atoms with Gasteiger partial charge in [0.15, 0.2) is 0 Å². The Morgan fingerprint density at radius 1 is 1.15 bits per heavy atom. The maximum Gasteiger partial charge on any atom is 0.237 e. The lowest BCUT2D eigenvalue weighted by atomic mass is 10.2. The zero-order valence-corrected chi connectivity index (χ0v) is 16.4. The minimum absolute atomic E-state index is 0.0155. The van der Waals surface area contributed by atoms with Gasteiger partial charge in [0.1, 0.15) is 11.3 Å². The standard InChI is InChI=1S/C21H29N3O3/c1-4-20(25)24-11-7-10-23(12-13-24)16(3)21(26)22-15(2)19-14-17-8-5-6-9-18(17)27-19/h5-6,8-9,14-16H,4,7,10-13H2,1-3H3,(H,22,26). The third-order valence-electron chi connectivity index (χ3n) is 5.34. The summed E-state index contributed by atoms with van der Waals surface area (Å²) >= 11 is 0. The molecule has 6 nitrogen and oxygen atoms in total. The number of rotatable bonds is 5. The molecule has 1 aliphatic heterocycles. The fourth-order valence-corrected chi connectivity index (χ4v) is 3.58. The molecule has 0 spiro atoms. The Morgan fingerprint density at radius 3 is 2.67 bits per heavy atom. The topological polar surface area (TPSA) is 65.8 Å². The number of fused-ring (bicyclic) bond motifs is 1. The zero-order chi connectivity index (χ0) is 19.4. The molecule has 2 atom stereocenters. The van der Waals surface area contributed by atoms with Crippen LogP contribution in [0.25, 0.3) is 11.0 Å². The second kappa shape index (κ2) is 8.57. The number of hydrogen-bond acceptors (Lipinski definition) is 4. The van der Waals surface area contributed by atoms with E-state index in [9.17, 15) is 9.59 Å². The van der Waals surface area contributed by atoms with Crippen molar-refractivity contribution < 1.29 is 14.0 Å². The van der Waals surface area contributed by atoms with Gasteiger partial charge < -0.3 is 14.6 Å². The smallest absolute Gasteiger partial charge is 0.237 e. The Hall–Kier alpha value is -2.34. The van der Waals surface area contributed by atoms with Gasteiger partial charge in [-0.15, -0.1) is 0 Å². The molecular formula is C21H29N3O3. The van der Waals surface area contributed by atoms with Gasteiger partial charge in [0, 0.05) is 38.0 Å². The fourth-order valence-electron chi connectivity index (χ4n) is 3.58. The molecule has 1 aromatic carbocycles. The van der Waals surface area contributed by atoms with Gasteiger partial charge >= 0.3 is 0 Å². The minimum atomic E-state index is -0.242. The monoisotopic (exact) mass is 371 g/mol. The predicted octanol–water partition coefficient (Wildman–Crippen LogP) is 2.94. The average molecular weight is 371 g/mol. The van der Waals surface area contributed by atoms with Crippen molar-refractivity contribution in [3.63, 3.8) is 0 Å². The second-order valence-electron chi connectivity index (χ2n) is 7.22. The SMILES string of the molecule is CCC(=O)N1CCCN(C(C)C(=O)NC(C)c2cc3ccccc3o2)CC1. The van der Waals surface area contributed by atoms with Gasteiger partial charge in [0.05, 0.1) is 12.1 Å². The van der Waals surface area contributed by atoms with Crippen molar-refractivity contribution in [2.45, 2.75) is 45.7 Å². The zero-order valence-electron chi connectivity index (χ0n) is 16.4. The summed E-state index contributed by atoms with van der Waals surface area (Å²) < 4.78 is 5.86. The van der Waals surface area contributed by atoms with Gasteiger partial charge in [0.25, 0.3) is 0 Å². The van der Waals surface area contributed by atoms with E-state index >= 15 is 0 Å². The lowest BCUT2D eigenvalue weighted by Gasteiger charge is -2.27. The molecule has 0 aliphatic carbocycles. The Kier molecular flexibility index (Phi) is 6.16. The number of carbonyl (C=O) groups excluding carboxylic acids is 2. The molecule has 6 heteroatoms. The van der Waals surface area contributed by atoms with Gasteiger partial charge in [-0.3, -0.25) is 14.5 Å². The Bertz CT molecular complexity index is 768. The first-order valence-electron chi connectivity index (χ1n) is 9.80. The van der Waals surface area contributed by atoms with E-state index in [1.807, 2.05) is 56.0 Å². The molecule has 2 unspecified atom stereocenters. The van der Waals surface area contributed by atoms with E-state index in [1.54, 1.807) is 0 Å². The van der Waals surface area contributed by atoms with Crippen LogP contribution < -0.4 is 5.32 Å². The van der Waals surface area contributed by atoms with Crippen molar-refractivity contribution in [2.24, 2.45) is 0 Å². The van der Waals surface area contributed by atoms with Crippen LogP contribution in [-0.2, 0) is 9.59 Å². The Balaban J connectivity index is 1.59. The van der Waals surface area contributed by atoms with E-state index in [4.69, 9.17) is 4.42 Å².